The molecule has 0 fully saturated rings. The first kappa shape index (κ1) is 12.2. The number of hydrogen-bond donors (Lipinski definition) is 1. The van der Waals surface area contributed by atoms with Crippen LogP contribution < -0.4 is 5.32 Å². The van der Waals surface area contributed by atoms with Crippen LogP contribution in [0.15, 0.2) is 24.5 Å². The van der Waals surface area contributed by atoms with Gasteiger partial charge in [-0.1, -0.05) is 26.2 Å². The van der Waals surface area contributed by atoms with E-state index in [1.54, 1.807) is 0 Å². The van der Waals surface area contributed by atoms with E-state index < -0.39 is 0 Å². The first-order valence-corrected chi connectivity index (χ1v) is 5.98. The summed E-state index contributed by atoms with van der Waals surface area (Å²) in [6.45, 7) is 5.56. The summed E-state index contributed by atoms with van der Waals surface area (Å²) in [4.78, 5) is 4.02. The van der Waals surface area contributed by atoms with E-state index in [0.29, 0.717) is 6.04 Å². The molecule has 0 saturated heterocycles. The van der Waals surface area contributed by atoms with Crippen LogP contribution in [0.2, 0.25) is 0 Å². The van der Waals surface area contributed by atoms with Crippen LogP contribution in [-0.2, 0) is 0 Å². The highest BCUT2D eigenvalue weighted by atomic mass is 14.9. The molecule has 1 N–H and O–H groups in total. The van der Waals surface area contributed by atoms with E-state index in [9.17, 15) is 0 Å². The maximum absolute atomic E-state index is 4.02. The third-order valence-electron chi connectivity index (χ3n) is 2.69. The third-order valence-corrected chi connectivity index (χ3v) is 2.69. The minimum Gasteiger partial charge on any atom is -0.310 e. The lowest BCUT2D eigenvalue weighted by atomic mass is 10.1. The molecule has 0 saturated carbocycles. The Morgan fingerprint density at radius 2 is 1.93 bits per heavy atom. The average molecular weight is 206 g/mol. The zero-order chi connectivity index (χ0) is 10.9. The number of nitrogens with one attached hydrogen (secondary N) is 1. The summed E-state index contributed by atoms with van der Waals surface area (Å²) in [5.74, 6) is 0. The van der Waals surface area contributed by atoms with Crippen molar-refractivity contribution in [2.75, 3.05) is 6.54 Å². The van der Waals surface area contributed by atoms with Gasteiger partial charge in [0.2, 0.25) is 0 Å². The standard InChI is InChI=1S/C13H22N2/c1-3-4-5-6-9-15-12(2)13-7-10-14-11-8-13/h7-8,10-12,15H,3-6,9H2,1-2H3. The van der Waals surface area contributed by atoms with Crippen LogP contribution in [0.4, 0.5) is 0 Å². The molecular weight excluding hydrogens is 184 g/mol. The largest absolute Gasteiger partial charge is 0.310 e. The van der Waals surface area contributed by atoms with Crippen molar-refractivity contribution in [3.05, 3.63) is 30.1 Å². The van der Waals surface area contributed by atoms with Gasteiger partial charge in [0.05, 0.1) is 0 Å². The molecule has 0 radical (unpaired) electrons. The molecule has 1 heterocycles. The van der Waals surface area contributed by atoms with Crippen molar-refractivity contribution in [2.45, 2.75) is 45.6 Å². The number of nitrogens with zero attached hydrogens (tertiary/aromatic N) is 1. The first-order chi connectivity index (χ1) is 7.34. The first-order valence-electron chi connectivity index (χ1n) is 5.98. The Labute approximate surface area is 93.1 Å². The average Bonchev–Trinajstić information content (AvgIpc) is 2.30. The highest BCUT2D eigenvalue weighted by Crippen LogP contribution is 2.10. The van der Waals surface area contributed by atoms with Gasteiger partial charge in [0, 0.05) is 18.4 Å². The lowest BCUT2D eigenvalue weighted by molar-refractivity contribution is 0.536. The van der Waals surface area contributed by atoms with Crippen LogP contribution in [0.5, 0.6) is 0 Å². The summed E-state index contributed by atoms with van der Waals surface area (Å²) >= 11 is 0. The zero-order valence-electron chi connectivity index (χ0n) is 9.87. The lowest BCUT2D eigenvalue weighted by Gasteiger charge is -2.13. The zero-order valence-corrected chi connectivity index (χ0v) is 9.87. The Kier molecular flexibility index (Phi) is 6.02. The summed E-state index contributed by atoms with van der Waals surface area (Å²) in [5.41, 5.74) is 1.32. The van der Waals surface area contributed by atoms with Crippen molar-refractivity contribution in [3.8, 4) is 0 Å². The van der Waals surface area contributed by atoms with E-state index in [4.69, 9.17) is 0 Å². The number of hydrogen-bond acceptors (Lipinski definition) is 2. The quantitative estimate of drug-likeness (QED) is 0.692. The van der Waals surface area contributed by atoms with Crippen LogP contribution in [-0.4, -0.2) is 11.5 Å². The van der Waals surface area contributed by atoms with Crippen molar-refractivity contribution in [3.63, 3.8) is 0 Å². The summed E-state index contributed by atoms with van der Waals surface area (Å²) < 4.78 is 0. The van der Waals surface area contributed by atoms with Gasteiger partial charge >= 0.3 is 0 Å². The van der Waals surface area contributed by atoms with E-state index in [0.717, 1.165) is 6.54 Å². The Hall–Kier alpha value is -0.890. The van der Waals surface area contributed by atoms with Gasteiger partial charge in [-0.3, -0.25) is 4.98 Å². The monoisotopic (exact) mass is 206 g/mol. The van der Waals surface area contributed by atoms with Gasteiger partial charge in [-0.05, 0) is 37.6 Å². The fraction of sp³-hybridized carbons (Fsp3) is 0.615. The van der Waals surface area contributed by atoms with Crippen molar-refractivity contribution in [2.24, 2.45) is 0 Å². The molecule has 0 amide bonds. The molecule has 0 aliphatic heterocycles. The predicted octanol–water partition coefficient (Wildman–Crippen LogP) is 3.31. The number of rotatable bonds is 7. The van der Waals surface area contributed by atoms with E-state index in [1.807, 2.05) is 12.4 Å². The van der Waals surface area contributed by atoms with E-state index in [2.05, 4.69) is 36.3 Å². The van der Waals surface area contributed by atoms with Gasteiger partial charge in [-0.15, -0.1) is 0 Å². The molecule has 15 heavy (non-hydrogen) atoms. The normalized spacial score (nSPS) is 12.7. The van der Waals surface area contributed by atoms with Crippen LogP contribution in [0.1, 0.15) is 51.1 Å². The van der Waals surface area contributed by atoms with Gasteiger partial charge < -0.3 is 5.32 Å². The molecule has 0 bridgehead atoms. The van der Waals surface area contributed by atoms with E-state index >= 15 is 0 Å². The molecule has 1 atom stereocenters. The minimum atomic E-state index is 0.439. The summed E-state index contributed by atoms with van der Waals surface area (Å²) in [5, 5.41) is 3.53. The molecule has 2 heteroatoms. The summed E-state index contributed by atoms with van der Waals surface area (Å²) in [6.07, 6.45) is 8.98. The molecule has 0 spiro atoms. The van der Waals surface area contributed by atoms with Crippen LogP contribution >= 0.6 is 0 Å². The second-order valence-electron chi connectivity index (χ2n) is 4.02. The molecule has 0 aliphatic carbocycles. The van der Waals surface area contributed by atoms with E-state index in [-0.39, 0.29) is 0 Å². The van der Waals surface area contributed by atoms with Gasteiger partial charge in [-0.2, -0.15) is 0 Å². The molecule has 1 rings (SSSR count). The summed E-state index contributed by atoms with van der Waals surface area (Å²) in [6, 6.07) is 4.59. The van der Waals surface area contributed by atoms with Crippen LogP contribution in [0.25, 0.3) is 0 Å². The molecule has 84 valence electrons. The smallest absolute Gasteiger partial charge is 0.0292 e. The molecule has 1 aromatic rings. The molecular formula is C13H22N2. The predicted molar refractivity (Wildman–Crippen MR) is 64.8 cm³/mol. The second-order valence-corrected chi connectivity index (χ2v) is 4.02. The number of pyridine rings is 1. The fourth-order valence-electron chi connectivity index (χ4n) is 1.64. The molecule has 1 unspecified atom stereocenters. The Balaban J connectivity index is 2.16. The Morgan fingerprint density at radius 3 is 2.60 bits per heavy atom. The molecule has 2 nitrogen and oxygen atoms in total. The molecule has 0 aromatic carbocycles. The lowest BCUT2D eigenvalue weighted by Crippen LogP contribution is -2.19. The van der Waals surface area contributed by atoms with Gasteiger partial charge in [0.1, 0.15) is 0 Å². The van der Waals surface area contributed by atoms with Gasteiger partial charge in [0.15, 0.2) is 0 Å². The maximum Gasteiger partial charge on any atom is 0.0292 e. The van der Waals surface area contributed by atoms with Crippen LogP contribution in [0.3, 0.4) is 0 Å². The van der Waals surface area contributed by atoms with Crippen molar-refractivity contribution in [1.82, 2.24) is 10.3 Å². The second kappa shape index (κ2) is 7.41. The minimum absolute atomic E-state index is 0.439. The van der Waals surface area contributed by atoms with Crippen molar-refractivity contribution < 1.29 is 0 Å². The molecule has 1 aromatic heterocycles. The maximum atomic E-state index is 4.02. The van der Waals surface area contributed by atoms with E-state index in [1.165, 1.54) is 31.2 Å². The van der Waals surface area contributed by atoms with Gasteiger partial charge in [-0.25, -0.2) is 0 Å². The Morgan fingerprint density at radius 1 is 1.20 bits per heavy atom. The van der Waals surface area contributed by atoms with Gasteiger partial charge in [0.25, 0.3) is 0 Å². The highest BCUT2D eigenvalue weighted by molar-refractivity contribution is 5.13. The van der Waals surface area contributed by atoms with Crippen LogP contribution in [0, 0.1) is 0 Å². The Bertz CT molecular complexity index is 246. The van der Waals surface area contributed by atoms with Crippen molar-refractivity contribution in [1.29, 1.82) is 0 Å². The third kappa shape index (κ3) is 4.93. The topological polar surface area (TPSA) is 24.9 Å². The SMILES string of the molecule is CCCCCCNC(C)c1ccncc1. The highest BCUT2D eigenvalue weighted by Gasteiger charge is 2.02. The number of aromatic nitrogens is 1. The molecule has 0 aliphatic rings. The summed E-state index contributed by atoms with van der Waals surface area (Å²) in [7, 11) is 0. The number of unbranched alkanes of at least 4 members (excludes halogenated alkanes) is 3. The fourth-order valence-corrected chi connectivity index (χ4v) is 1.64. The van der Waals surface area contributed by atoms with Crippen molar-refractivity contribution >= 4 is 0 Å².